The van der Waals surface area contributed by atoms with E-state index >= 15 is 0 Å². The van der Waals surface area contributed by atoms with Gasteiger partial charge in [-0.2, -0.15) is 0 Å². The number of pyridine rings is 1. The number of benzene rings is 1. The van der Waals surface area contributed by atoms with E-state index in [4.69, 9.17) is 14.2 Å². The Labute approximate surface area is 194 Å². The molecule has 0 spiro atoms. The van der Waals surface area contributed by atoms with Crippen molar-refractivity contribution in [3.05, 3.63) is 102 Å². The number of aromatic amines is 1. The SMILES string of the molecule is O=C(O)CC(c1ccc(O[C@@H](Cc2cnccn2)c2ccc3cc[nH]c3n2)cc1)c1ccon1. The van der Waals surface area contributed by atoms with Crippen LogP contribution in [0.2, 0.25) is 0 Å². The van der Waals surface area contributed by atoms with Gasteiger partial charge in [-0.15, -0.1) is 0 Å². The predicted octanol–water partition coefficient (Wildman–Crippen LogP) is 4.31. The average molecular weight is 455 g/mol. The molecule has 2 atom stereocenters. The van der Waals surface area contributed by atoms with Crippen molar-refractivity contribution in [2.24, 2.45) is 0 Å². The molecule has 0 saturated carbocycles. The number of hydrogen-bond acceptors (Lipinski definition) is 7. The highest BCUT2D eigenvalue weighted by molar-refractivity contribution is 5.75. The third kappa shape index (κ3) is 4.78. The Kier molecular flexibility index (Phi) is 5.98. The second-order valence-electron chi connectivity index (χ2n) is 7.80. The van der Waals surface area contributed by atoms with Crippen LogP contribution >= 0.6 is 0 Å². The van der Waals surface area contributed by atoms with E-state index in [0.717, 1.165) is 28.0 Å². The summed E-state index contributed by atoms with van der Waals surface area (Å²) in [6.45, 7) is 0. The van der Waals surface area contributed by atoms with Gasteiger partial charge in [0.15, 0.2) is 0 Å². The standard InChI is InChI=1S/C25H21N5O4/c31-24(32)14-20(21-8-12-33-30-21)16-1-4-19(5-2-16)34-23(13-18-15-26-10-11-27-18)22-6-3-17-7-9-28-25(17)29-22/h1-12,15,20,23H,13-14H2,(H,28,29)(H,31,32)/t20?,23-/m0/s1. The second-order valence-corrected chi connectivity index (χ2v) is 7.80. The highest BCUT2D eigenvalue weighted by atomic mass is 16.5. The number of H-pyrrole nitrogens is 1. The topological polar surface area (TPSA) is 127 Å². The summed E-state index contributed by atoms with van der Waals surface area (Å²) < 4.78 is 11.3. The van der Waals surface area contributed by atoms with Gasteiger partial charge in [0, 0.05) is 48.6 Å². The van der Waals surface area contributed by atoms with E-state index in [0.29, 0.717) is 17.9 Å². The minimum absolute atomic E-state index is 0.0951. The molecule has 4 heterocycles. The molecular weight excluding hydrogens is 434 g/mol. The summed E-state index contributed by atoms with van der Waals surface area (Å²) in [6.07, 6.45) is 8.26. The lowest BCUT2D eigenvalue weighted by atomic mass is 9.92. The van der Waals surface area contributed by atoms with E-state index < -0.39 is 18.0 Å². The normalized spacial score (nSPS) is 12.9. The van der Waals surface area contributed by atoms with Crippen molar-refractivity contribution >= 4 is 17.0 Å². The maximum absolute atomic E-state index is 11.4. The van der Waals surface area contributed by atoms with Crippen LogP contribution in [0, 0.1) is 0 Å². The van der Waals surface area contributed by atoms with Crippen LogP contribution < -0.4 is 4.74 Å². The monoisotopic (exact) mass is 455 g/mol. The third-order valence-electron chi connectivity index (χ3n) is 5.53. The number of carboxylic acid groups (broad SMARTS) is 1. The molecule has 0 amide bonds. The molecule has 0 bridgehead atoms. The van der Waals surface area contributed by atoms with Crippen LogP contribution in [0.5, 0.6) is 5.75 Å². The van der Waals surface area contributed by atoms with Crippen molar-refractivity contribution in [3.63, 3.8) is 0 Å². The number of aromatic nitrogens is 5. The van der Waals surface area contributed by atoms with Gasteiger partial charge >= 0.3 is 5.97 Å². The largest absolute Gasteiger partial charge is 0.484 e. The lowest BCUT2D eigenvalue weighted by molar-refractivity contribution is -0.137. The number of aliphatic carboxylic acids is 1. The van der Waals surface area contributed by atoms with E-state index in [1.807, 2.05) is 48.7 Å². The molecule has 9 nitrogen and oxygen atoms in total. The Morgan fingerprint density at radius 2 is 1.94 bits per heavy atom. The average Bonchev–Trinajstić information content (AvgIpc) is 3.55. The molecule has 0 aliphatic rings. The number of carbonyl (C=O) groups is 1. The van der Waals surface area contributed by atoms with Crippen LogP contribution in [-0.2, 0) is 11.2 Å². The summed E-state index contributed by atoms with van der Waals surface area (Å²) in [4.78, 5) is 27.8. The number of hydrogen-bond donors (Lipinski definition) is 2. The highest BCUT2D eigenvalue weighted by Crippen LogP contribution is 2.30. The Hall–Kier alpha value is -4.53. The second kappa shape index (κ2) is 9.53. The molecule has 2 N–H and O–H groups in total. The lowest BCUT2D eigenvalue weighted by Crippen LogP contribution is -2.14. The maximum atomic E-state index is 11.4. The molecule has 5 rings (SSSR count). The minimum atomic E-state index is -0.914. The van der Waals surface area contributed by atoms with Crippen LogP contribution in [0.4, 0.5) is 0 Å². The first-order valence-electron chi connectivity index (χ1n) is 10.7. The highest BCUT2D eigenvalue weighted by Gasteiger charge is 2.22. The zero-order chi connectivity index (χ0) is 23.3. The number of ether oxygens (including phenoxy) is 1. The van der Waals surface area contributed by atoms with E-state index in [1.165, 1.54) is 6.26 Å². The summed E-state index contributed by atoms with van der Waals surface area (Å²) in [7, 11) is 0. The van der Waals surface area contributed by atoms with Gasteiger partial charge in [0.1, 0.15) is 23.8 Å². The van der Waals surface area contributed by atoms with Gasteiger partial charge in [-0.25, -0.2) is 4.98 Å². The smallest absolute Gasteiger partial charge is 0.304 e. The molecule has 0 aliphatic carbocycles. The zero-order valence-corrected chi connectivity index (χ0v) is 18.0. The molecule has 5 aromatic rings. The van der Waals surface area contributed by atoms with E-state index in [-0.39, 0.29) is 6.42 Å². The molecule has 4 aromatic heterocycles. The quantitative estimate of drug-likeness (QED) is 0.337. The Morgan fingerprint density at radius 3 is 2.68 bits per heavy atom. The maximum Gasteiger partial charge on any atom is 0.304 e. The summed E-state index contributed by atoms with van der Waals surface area (Å²) in [5.41, 5.74) is 3.70. The fourth-order valence-electron chi connectivity index (χ4n) is 3.87. The molecule has 1 unspecified atom stereocenters. The van der Waals surface area contributed by atoms with Crippen molar-refractivity contribution < 1.29 is 19.2 Å². The van der Waals surface area contributed by atoms with Gasteiger partial charge in [-0.3, -0.25) is 14.8 Å². The molecule has 170 valence electrons. The first kappa shape index (κ1) is 21.3. The van der Waals surface area contributed by atoms with Crippen LogP contribution in [0.3, 0.4) is 0 Å². The lowest BCUT2D eigenvalue weighted by Gasteiger charge is -2.19. The van der Waals surface area contributed by atoms with Gasteiger partial charge in [-0.1, -0.05) is 17.3 Å². The van der Waals surface area contributed by atoms with Crippen molar-refractivity contribution in [1.29, 1.82) is 0 Å². The molecule has 0 saturated heterocycles. The number of nitrogens with zero attached hydrogens (tertiary/aromatic N) is 4. The molecule has 9 heteroatoms. The van der Waals surface area contributed by atoms with Gasteiger partial charge in [-0.05, 0) is 35.9 Å². The number of rotatable bonds is 9. The zero-order valence-electron chi connectivity index (χ0n) is 18.0. The fourth-order valence-corrected chi connectivity index (χ4v) is 3.87. The van der Waals surface area contributed by atoms with Crippen LogP contribution in [0.25, 0.3) is 11.0 Å². The summed E-state index contributed by atoms with van der Waals surface area (Å²) in [6, 6.07) is 14.9. The van der Waals surface area contributed by atoms with Crippen LogP contribution in [-0.4, -0.2) is 36.2 Å². The summed E-state index contributed by atoms with van der Waals surface area (Å²) >= 11 is 0. The molecule has 0 radical (unpaired) electrons. The van der Waals surface area contributed by atoms with Crippen LogP contribution in [0.1, 0.15) is 41.1 Å². The summed E-state index contributed by atoms with van der Waals surface area (Å²) in [5, 5.41) is 14.3. The molecular formula is C25H21N5O4. The van der Waals surface area contributed by atoms with Gasteiger partial charge in [0.05, 0.1) is 23.5 Å². The van der Waals surface area contributed by atoms with E-state index in [9.17, 15) is 9.90 Å². The minimum Gasteiger partial charge on any atom is -0.484 e. The molecule has 0 fully saturated rings. The third-order valence-corrected chi connectivity index (χ3v) is 5.53. The fraction of sp³-hybridized carbons (Fsp3) is 0.160. The Bertz CT molecular complexity index is 1370. The predicted molar refractivity (Wildman–Crippen MR) is 122 cm³/mol. The van der Waals surface area contributed by atoms with E-state index in [2.05, 4.69) is 20.1 Å². The molecule has 1 aromatic carbocycles. The molecule has 34 heavy (non-hydrogen) atoms. The Morgan fingerprint density at radius 1 is 1.06 bits per heavy atom. The van der Waals surface area contributed by atoms with Crippen molar-refractivity contribution in [2.45, 2.75) is 24.9 Å². The summed E-state index contributed by atoms with van der Waals surface area (Å²) in [5.74, 6) is -0.707. The van der Waals surface area contributed by atoms with Crippen molar-refractivity contribution in [3.8, 4) is 5.75 Å². The number of carboxylic acids is 1. The first-order chi connectivity index (χ1) is 16.7. The molecule has 0 aliphatic heterocycles. The Balaban J connectivity index is 1.42. The number of nitrogens with one attached hydrogen (secondary N) is 1. The van der Waals surface area contributed by atoms with Gasteiger partial charge < -0.3 is 19.4 Å². The van der Waals surface area contributed by atoms with Crippen molar-refractivity contribution in [1.82, 2.24) is 25.1 Å². The van der Waals surface area contributed by atoms with Crippen molar-refractivity contribution in [2.75, 3.05) is 0 Å². The van der Waals surface area contributed by atoms with E-state index in [1.54, 1.807) is 24.7 Å². The van der Waals surface area contributed by atoms with Gasteiger partial charge in [0.2, 0.25) is 0 Å². The first-order valence-corrected chi connectivity index (χ1v) is 10.7. The van der Waals surface area contributed by atoms with Crippen LogP contribution in [0.15, 0.2) is 84.1 Å². The van der Waals surface area contributed by atoms with Gasteiger partial charge in [0.25, 0.3) is 0 Å². The number of fused-ring (bicyclic) bond motifs is 1.